The molecule has 1 aliphatic rings. The van der Waals surface area contributed by atoms with Gasteiger partial charge in [-0.25, -0.2) is 0 Å². The highest BCUT2D eigenvalue weighted by atomic mass is 15.0. The summed E-state index contributed by atoms with van der Waals surface area (Å²) in [6, 6.07) is 4.67. The molecule has 0 aromatic carbocycles. The van der Waals surface area contributed by atoms with Crippen molar-refractivity contribution in [3.05, 3.63) is 0 Å². The van der Waals surface area contributed by atoms with E-state index in [1.54, 1.807) is 0 Å². The second kappa shape index (κ2) is 3.98. The monoisotopic (exact) mass is 191 g/mol. The smallest absolute Gasteiger partial charge is 0.0958 e. The number of nitriles is 2. The van der Waals surface area contributed by atoms with Crippen LogP contribution in [0.5, 0.6) is 0 Å². The van der Waals surface area contributed by atoms with Crippen molar-refractivity contribution in [3.8, 4) is 12.1 Å². The molecule has 14 heavy (non-hydrogen) atoms. The minimum atomic E-state index is -0.0867. The first-order chi connectivity index (χ1) is 6.52. The molecule has 3 heteroatoms. The average molecular weight is 191 g/mol. The van der Waals surface area contributed by atoms with E-state index < -0.39 is 0 Å². The Balaban J connectivity index is 2.80. The summed E-state index contributed by atoms with van der Waals surface area (Å²) in [5.41, 5.74) is 0.100. The molecule has 3 nitrogen and oxygen atoms in total. The van der Waals surface area contributed by atoms with Crippen LogP contribution >= 0.6 is 0 Å². The van der Waals surface area contributed by atoms with E-state index in [0.717, 1.165) is 6.42 Å². The SMILES string of the molecule is CC1NC(C#N)CC(CC#N)C1(C)C. The minimum Gasteiger partial charge on any atom is -0.299 e. The van der Waals surface area contributed by atoms with Gasteiger partial charge >= 0.3 is 0 Å². The van der Waals surface area contributed by atoms with Crippen molar-refractivity contribution in [1.82, 2.24) is 5.32 Å². The maximum Gasteiger partial charge on any atom is 0.0958 e. The summed E-state index contributed by atoms with van der Waals surface area (Å²) in [6.07, 6.45) is 1.35. The van der Waals surface area contributed by atoms with E-state index in [1.165, 1.54) is 0 Å². The topological polar surface area (TPSA) is 59.6 Å². The first-order valence-electron chi connectivity index (χ1n) is 5.05. The molecule has 0 aromatic rings. The van der Waals surface area contributed by atoms with Crippen LogP contribution in [-0.4, -0.2) is 12.1 Å². The highest BCUT2D eigenvalue weighted by molar-refractivity contribution is 5.04. The lowest BCUT2D eigenvalue weighted by molar-refractivity contribution is 0.0916. The largest absolute Gasteiger partial charge is 0.299 e. The van der Waals surface area contributed by atoms with Crippen molar-refractivity contribution in [2.45, 2.75) is 45.7 Å². The lowest BCUT2D eigenvalue weighted by Gasteiger charge is -2.45. The Morgan fingerprint density at radius 1 is 1.43 bits per heavy atom. The summed E-state index contributed by atoms with van der Waals surface area (Å²) in [6.45, 7) is 6.43. The van der Waals surface area contributed by atoms with Gasteiger partial charge in [-0.05, 0) is 24.7 Å². The number of hydrogen-bond acceptors (Lipinski definition) is 3. The molecule has 3 unspecified atom stereocenters. The van der Waals surface area contributed by atoms with Crippen LogP contribution in [0.15, 0.2) is 0 Å². The summed E-state index contributed by atoms with van der Waals surface area (Å²) in [7, 11) is 0. The van der Waals surface area contributed by atoms with Crippen LogP contribution in [0, 0.1) is 34.0 Å². The third kappa shape index (κ3) is 1.89. The molecule has 0 radical (unpaired) electrons. The van der Waals surface area contributed by atoms with E-state index in [9.17, 15) is 0 Å². The van der Waals surface area contributed by atoms with Crippen molar-refractivity contribution >= 4 is 0 Å². The predicted octanol–water partition coefficient (Wildman–Crippen LogP) is 1.82. The summed E-state index contributed by atoms with van der Waals surface area (Å²) in [5, 5.41) is 20.9. The van der Waals surface area contributed by atoms with Crippen LogP contribution < -0.4 is 5.32 Å². The first-order valence-corrected chi connectivity index (χ1v) is 5.05. The number of rotatable bonds is 1. The summed E-state index contributed by atoms with van der Waals surface area (Å²) < 4.78 is 0. The molecule has 0 spiro atoms. The molecule has 3 atom stereocenters. The fraction of sp³-hybridized carbons (Fsp3) is 0.818. The number of piperidine rings is 1. The van der Waals surface area contributed by atoms with Gasteiger partial charge in [-0.1, -0.05) is 13.8 Å². The zero-order chi connectivity index (χ0) is 10.8. The van der Waals surface area contributed by atoms with E-state index in [4.69, 9.17) is 10.5 Å². The van der Waals surface area contributed by atoms with Crippen molar-refractivity contribution in [2.24, 2.45) is 11.3 Å². The molecule has 0 aromatic heterocycles. The highest BCUT2D eigenvalue weighted by Gasteiger charge is 2.41. The molecular formula is C11H17N3. The fourth-order valence-corrected chi connectivity index (χ4v) is 2.07. The maximum absolute atomic E-state index is 8.87. The molecule has 0 saturated carbocycles. The van der Waals surface area contributed by atoms with Gasteiger partial charge in [0.2, 0.25) is 0 Å². The molecule has 1 fully saturated rings. The first kappa shape index (κ1) is 11.0. The van der Waals surface area contributed by atoms with Gasteiger partial charge in [0, 0.05) is 12.5 Å². The third-order valence-electron chi connectivity index (χ3n) is 3.63. The van der Waals surface area contributed by atoms with Gasteiger partial charge in [0.05, 0.1) is 18.2 Å². The van der Waals surface area contributed by atoms with Gasteiger partial charge in [-0.2, -0.15) is 10.5 Å². The Morgan fingerprint density at radius 2 is 2.07 bits per heavy atom. The van der Waals surface area contributed by atoms with Crippen molar-refractivity contribution in [2.75, 3.05) is 0 Å². The summed E-state index contributed by atoms with van der Waals surface area (Å²) >= 11 is 0. The molecule has 1 saturated heterocycles. The normalized spacial score (nSPS) is 35.6. The van der Waals surface area contributed by atoms with Crippen LogP contribution in [0.4, 0.5) is 0 Å². The van der Waals surface area contributed by atoms with E-state index in [0.29, 0.717) is 18.4 Å². The van der Waals surface area contributed by atoms with Crippen molar-refractivity contribution < 1.29 is 0 Å². The molecule has 1 aliphatic heterocycles. The molecule has 0 aliphatic carbocycles. The van der Waals surface area contributed by atoms with Crippen molar-refractivity contribution in [3.63, 3.8) is 0 Å². The number of hydrogen-bond donors (Lipinski definition) is 1. The highest BCUT2D eigenvalue weighted by Crippen LogP contribution is 2.39. The van der Waals surface area contributed by atoms with Gasteiger partial charge in [0.1, 0.15) is 0 Å². The molecule has 76 valence electrons. The molecule has 0 amide bonds. The lowest BCUT2D eigenvalue weighted by Crippen LogP contribution is -2.54. The molecule has 0 bridgehead atoms. The Bertz CT molecular complexity index is 282. The molecular weight excluding hydrogens is 174 g/mol. The molecule has 1 rings (SSSR count). The minimum absolute atomic E-state index is 0.0867. The van der Waals surface area contributed by atoms with Crippen LogP contribution in [0.25, 0.3) is 0 Å². The van der Waals surface area contributed by atoms with Crippen LogP contribution in [-0.2, 0) is 0 Å². The van der Waals surface area contributed by atoms with Crippen LogP contribution in [0.1, 0.15) is 33.6 Å². The van der Waals surface area contributed by atoms with E-state index in [2.05, 4.69) is 38.2 Å². The Labute approximate surface area is 85.7 Å². The molecule has 1 heterocycles. The zero-order valence-corrected chi connectivity index (χ0v) is 9.04. The van der Waals surface area contributed by atoms with E-state index in [1.807, 2.05) is 0 Å². The van der Waals surface area contributed by atoms with Gasteiger partial charge < -0.3 is 0 Å². The van der Waals surface area contributed by atoms with Gasteiger partial charge in [-0.15, -0.1) is 0 Å². The molecule has 1 N–H and O–H groups in total. The number of nitrogens with one attached hydrogen (secondary N) is 1. The summed E-state index contributed by atoms with van der Waals surface area (Å²) in [5.74, 6) is 0.327. The predicted molar refractivity (Wildman–Crippen MR) is 54.1 cm³/mol. The third-order valence-corrected chi connectivity index (χ3v) is 3.63. The Kier molecular flexibility index (Phi) is 3.13. The lowest BCUT2D eigenvalue weighted by atomic mass is 9.67. The van der Waals surface area contributed by atoms with E-state index >= 15 is 0 Å². The average Bonchev–Trinajstić information content (AvgIpc) is 2.13. The second-order valence-corrected chi connectivity index (χ2v) is 4.69. The van der Waals surface area contributed by atoms with Crippen LogP contribution in [0.3, 0.4) is 0 Å². The fourth-order valence-electron chi connectivity index (χ4n) is 2.07. The quantitative estimate of drug-likeness (QED) is 0.687. The Hall–Kier alpha value is -1.06. The summed E-state index contributed by atoms with van der Waals surface area (Å²) in [4.78, 5) is 0. The standard InChI is InChI=1S/C11H17N3/c1-8-11(2,3)9(4-5-12)6-10(7-13)14-8/h8-10,14H,4,6H2,1-3H3. The maximum atomic E-state index is 8.87. The van der Waals surface area contributed by atoms with Gasteiger partial charge in [-0.3, -0.25) is 5.32 Å². The van der Waals surface area contributed by atoms with Gasteiger partial charge in [0.25, 0.3) is 0 Å². The van der Waals surface area contributed by atoms with E-state index in [-0.39, 0.29) is 11.5 Å². The van der Waals surface area contributed by atoms with Gasteiger partial charge in [0.15, 0.2) is 0 Å². The zero-order valence-electron chi connectivity index (χ0n) is 9.04. The number of nitrogens with zero attached hydrogens (tertiary/aromatic N) is 2. The van der Waals surface area contributed by atoms with Crippen molar-refractivity contribution in [1.29, 1.82) is 10.5 Å². The Morgan fingerprint density at radius 3 is 2.57 bits per heavy atom. The second-order valence-electron chi connectivity index (χ2n) is 4.69. The van der Waals surface area contributed by atoms with Crippen LogP contribution in [0.2, 0.25) is 0 Å².